The largest absolute Gasteiger partial charge is 0.441 e. The number of nitrogens with zero attached hydrogens (tertiary/aromatic N) is 6. The molecule has 0 bridgehead atoms. The van der Waals surface area contributed by atoms with Crippen LogP contribution in [-0.2, 0) is 10.2 Å². The van der Waals surface area contributed by atoms with Crippen molar-refractivity contribution in [3.63, 3.8) is 0 Å². The molecule has 4 heterocycles. The number of aromatic amines is 1. The third-order valence-electron chi connectivity index (χ3n) is 6.37. The van der Waals surface area contributed by atoms with Gasteiger partial charge in [0.15, 0.2) is 0 Å². The highest BCUT2D eigenvalue weighted by Gasteiger charge is 2.56. The fourth-order valence-electron chi connectivity index (χ4n) is 4.59. The first kappa shape index (κ1) is 21.6. The summed E-state index contributed by atoms with van der Waals surface area (Å²) in [5.41, 5.74) is 4.54. The van der Waals surface area contributed by atoms with Gasteiger partial charge in [0.05, 0.1) is 17.1 Å². The van der Waals surface area contributed by atoms with E-state index in [0.717, 1.165) is 29.7 Å². The number of fused-ring (bicyclic) bond motifs is 1. The highest BCUT2D eigenvalue weighted by molar-refractivity contribution is 7.86. The Hall–Kier alpha value is -2.19. The first-order valence-corrected chi connectivity index (χ1v) is 12.0. The van der Waals surface area contributed by atoms with Crippen molar-refractivity contribution >= 4 is 27.1 Å². The molecule has 2 unspecified atom stereocenters. The average Bonchev–Trinajstić information content (AvgIpc) is 3.14. The lowest BCUT2D eigenvalue weighted by molar-refractivity contribution is -0.808. The first-order chi connectivity index (χ1) is 15.3. The van der Waals surface area contributed by atoms with Crippen LogP contribution in [0.25, 0.3) is 16.5 Å². The number of anilines is 1. The van der Waals surface area contributed by atoms with Gasteiger partial charge in [0.2, 0.25) is 0 Å². The van der Waals surface area contributed by atoms with Gasteiger partial charge in [-0.15, -0.1) is 0 Å². The van der Waals surface area contributed by atoms with Crippen molar-refractivity contribution in [2.75, 3.05) is 44.7 Å². The molecule has 2 atom stereocenters. The Bertz CT molecular complexity index is 1120. The van der Waals surface area contributed by atoms with Crippen molar-refractivity contribution in [3.8, 4) is 0 Å². The summed E-state index contributed by atoms with van der Waals surface area (Å²) in [6.07, 6.45) is 5.69. The Kier molecular flexibility index (Phi) is 5.40. The summed E-state index contributed by atoms with van der Waals surface area (Å²) in [4.78, 5) is 13.9. The molecule has 2 N–H and O–H groups in total. The smallest absolute Gasteiger partial charge is 0.286 e. The Morgan fingerprint density at radius 1 is 1.38 bits per heavy atom. The van der Waals surface area contributed by atoms with Gasteiger partial charge in [-0.05, 0) is 25.0 Å². The lowest BCUT2D eigenvalue weighted by atomic mass is 10.2. The first-order valence-electron chi connectivity index (χ1n) is 10.6. The van der Waals surface area contributed by atoms with Crippen LogP contribution in [0.1, 0.15) is 12.8 Å². The molecule has 1 saturated heterocycles. The van der Waals surface area contributed by atoms with Gasteiger partial charge in [0.25, 0.3) is 16.6 Å². The van der Waals surface area contributed by atoms with Crippen molar-refractivity contribution < 1.29 is 22.2 Å². The van der Waals surface area contributed by atoms with Gasteiger partial charge in [-0.2, -0.15) is 17.0 Å². The number of halogens is 2. The zero-order valence-electron chi connectivity index (χ0n) is 17.7. The van der Waals surface area contributed by atoms with E-state index in [2.05, 4.69) is 25.3 Å². The van der Waals surface area contributed by atoms with Crippen molar-refractivity contribution in [1.29, 1.82) is 0 Å². The molecule has 13 heteroatoms. The monoisotopic (exact) mass is 468 g/mol. The minimum absolute atomic E-state index is 0.123. The number of likely N-dealkylation sites (N-methyl/N-ethyl adjacent to an activating group) is 1. The van der Waals surface area contributed by atoms with E-state index in [1.54, 1.807) is 16.6 Å². The molecule has 32 heavy (non-hydrogen) atoms. The van der Waals surface area contributed by atoms with E-state index >= 15 is 0 Å². The highest BCUT2D eigenvalue weighted by Crippen LogP contribution is 2.47. The molecule has 0 aromatic carbocycles. The number of hydrogen-bond acceptors (Lipinski definition) is 5. The quantitative estimate of drug-likeness (QED) is 0.601. The van der Waals surface area contributed by atoms with Crippen molar-refractivity contribution in [3.05, 3.63) is 36.3 Å². The van der Waals surface area contributed by atoms with Gasteiger partial charge < -0.3 is 20.3 Å². The van der Waals surface area contributed by atoms with Crippen LogP contribution in [0.3, 0.4) is 0 Å². The van der Waals surface area contributed by atoms with E-state index in [1.165, 1.54) is 17.7 Å². The Labute approximate surface area is 185 Å². The zero-order valence-corrected chi connectivity index (χ0v) is 18.5. The summed E-state index contributed by atoms with van der Waals surface area (Å²) < 4.78 is 54.9. The van der Waals surface area contributed by atoms with E-state index in [0.29, 0.717) is 24.6 Å². The third-order valence-corrected chi connectivity index (χ3v) is 8.43. The number of nitrogens with one attached hydrogen (secondary N) is 2. The molecule has 5 rings (SSSR count). The van der Waals surface area contributed by atoms with E-state index in [9.17, 15) is 17.2 Å². The number of aromatic nitrogens is 3. The van der Waals surface area contributed by atoms with Crippen LogP contribution in [0, 0.1) is 0 Å². The van der Waals surface area contributed by atoms with Crippen LogP contribution < -0.4 is 9.91 Å². The maximum absolute atomic E-state index is 13.4. The van der Waals surface area contributed by atoms with Crippen LogP contribution >= 0.6 is 0 Å². The number of quaternary nitrogens is 1. The SMILES string of the molecule is CN(CC1C=C[NH+](CC(F)F)[N-]1)S(=O)(=O)N1CCN(c2ncnc3[nH]ccc23)CC12CC2. The number of hydrogen-bond donors (Lipinski definition) is 2. The second-order valence-electron chi connectivity index (χ2n) is 8.59. The zero-order chi connectivity index (χ0) is 22.5. The lowest BCUT2D eigenvalue weighted by Crippen LogP contribution is -3.03. The molecule has 1 aliphatic carbocycles. The summed E-state index contributed by atoms with van der Waals surface area (Å²) in [7, 11) is -2.19. The summed E-state index contributed by atoms with van der Waals surface area (Å²) in [6, 6.07) is 1.49. The molecular weight excluding hydrogens is 442 g/mol. The van der Waals surface area contributed by atoms with Gasteiger partial charge in [-0.3, -0.25) is 0 Å². The molecule has 1 saturated carbocycles. The van der Waals surface area contributed by atoms with Crippen molar-refractivity contribution in [2.45, 2.75) is 30.8 Å². The van der Waals surface area contributed by atoms with Gasteiger partial charge in [0.1, 0.15) is 24.3 Å². The minimum atomic E-state index is -3.72. The topological polar surface area (TPSA) is 104 Å². The Morgan fingerprint density at radius 3 is 2.94 bits per heavy atom. The van der Waals surface area contributed by atoms with Gasteiger partial charge >= 0.3 is 0 Å². The van der Waals surface area contributed by atoms with Crippen molar-refractivity contribution in [2.24, 2.45) is 0 Å². The molecule has 2 aliphatic heterocycles. The molecule has 2 aromatic rings. The maximum atomic E-state index is 13.4. The van der Waals surface area contributed by atoms with E-state index in [-0.39, 0.29) is 6.54 Å². The second kappa shape index (κ2) is 7.99. The number of alkyl halides is 2. The predicted molar refractivity (Wildman–Crippen MR) is 114 cm³/mol. The third kappa shape index (κ3) is 3.88. The molecule has 3 aliphatic rings. The number of rotatable bonds is 7. The van der Waals surface area contributed by atoms with Gasteiger partial charge in [-0.25, -0.2) is 18.7 Å². The molecule has 0 radical (unpaired) electrons. The molecule has 0 amide bonds. The average molecular weight is 469 g/mol. The fourth-order valence-corrected chi connectivity index (χ4v) is 6.31. The van der Waals surface area contributed by atoms with Crippen LogP contribution in [0.15, 0.2) is 30.9 Å². The molecule has 2 aromatic heterocycles. The van der Waals surface area contributed by atoms with E-state index in [1.807, 2.05) is 12.3 Å². The second-order valence-corrected chi connectivity index (χ2v) is 10.5. The highest BCUT2D eigenvalue weighted by atomic mass is 32.2. The molecule has 2 fully saturated rings. The summed E-state index contributed by atoms with van der Waals surface area (Å²) >= 11 is 0. The van der Waals surface area contributed by atoms with E-state index < -0.39 is 34.8 Å². The summed E-state index contributed by atoms with van der Waals surface area (Å²) in [6.45, 7) is 1.15. The summed E-state index contributed by atoms with van der Waals surface area (Å²) in [5.74, 6) is 0.810. The van der Waals surface area contributed by atoms with E-state index in [4.69, 9.17) is 0 Å². The molecule has 1 spiro atoms. The van der Waals surface area contributed by atoms with Crippen LogP contribution in [0.5, 0.6) is 0 Å². The lowest BCUT2D eigenvalue weighted by Gasteiger charge is -2.43. The summed E-state index contributed by atoms with van der Waals surface area (Å²) in [5, 5.41) is 1.23. The standard InChI is InChI=1S/C19H26F2N8O2S/c1-26(10-14-3-7-28(25-14)11-16(20)21)32(30,31)29-9-8-27(12-19(29)4-5-19)18-15-2-6-22-17(15)23-13-24-18/h2-3,6-7,13-14,16,28H,4-5,8-12H2,1H3,(H,22,23,24). The fraction of sp³-hybridized carbons (Fsp3) is 0.579. The van der Waals surface area contributed by atoms with Crippen molar-refractivity contribution in [1.82, 2.24) is 23.6 Å². The normalized spacial score (nSPS) is 25.6. The minimum Gasteiger partial charge on any atom is -0.441 e. The van der Waals surface area contributed by atoms with Crippen LogP contribution in [0.2, 0.25) is 0 Å². The maximum Gasteiger partial charge on any atom is 0.286 e. The van der Waals surface area contributed by atoms with Gasteiger partial charge in [-0.1, -0.05) is 6.04 Å². The number of piperazine rings is 1. The molecular formula is C19H26F2N8O2S. The molecule has 10 nitrogen and oxygen atoms in total. The van der Waals surface area contributed by atoms with Crippen LogP contribution in [-0.4, -0.2) is 89.8 Å². The van der Waals surface area contributed by atoms with Crippen LogP contribution in [0.4, 0.5) is 14.6 Å². The predicted octanol–water partition coefficient (Wildman–Crippen LogP) is 0.124. The molecule has 174 valence electrons. The Morgan fingerprint density at radius 2 is 2.19 bits per heavy atom. The number of H-pyrrole nitrogens is 1. The Balaban J connectivity index is 1.27. The van der Waals surface area contributed by atoms with Gasteiger partial charge in [0, 0.05) is 39.4 Å².